The standard InChI is InChI=1S/C14H20N2O4/c1-10(2)15(7-4-8-17)12-5-6-13(11(3)18)14(9-12)16(19)20/h5-6,9-10,17H,4,7-8H2,1-3H3. The van der Waals surface area contributed by atoms with Crippen molar-refractivity contribution in [3.8, 4) is 0 Å². The molecule has 1 aromatic rings. The first-order valence-corrected chi connectivity index (χ1v) is 6.55. The normalized spacial score (nSPS) is 10.7. The maximum absolute atomic E-state index is 11.4. The fourth-order valence-electron chi connectivity index (χ4n) is 2.07. The zero-order valence-electron chi connectivity index (χ0n) is 12.0. The van der Waals surface area contributed by atoms with E-state index in [4.69, 9.17) is 5.11 Å². The molecule has 0 aliphatic rings. The lowest BCUT2D eigenvalue weighted by molar-refractivity contribution is -0.385. The highest BCUT2D eigenvalue weighted by Gasteiger charge is 2.20. The average Bonchev–Trinajstić information content (AvgIpc) is 2.38. The third-order valence-corrected chi connectivity index (χ3v) is 3.07. The van der Waals surface area contributed by atoms with Gasteiger partial charge in [-0.05, 0) is 39.3 Å². The van der Waals surface area contributed by atoms with Gasteiger partial charge in [-0.2, -0.15) is 0 Å². The Morgan fingerprint density at radius 2 is 2.10 bits per heavy atom. The first-order chi connectivity index (χ1) is 9.38. The summed E-state index contributed by atoms with van der Waals surface area (Å²) in [5.74, 6) is -0.324. The van der Waals surface area contributed by atoms with Crippen LogP contribution >= 0.6 is 0 Å². The molecule has 0 unspecified atom stereocenters. The van der Waals surface area contributed by atoms with Crippen molar-refractivity contribution >= 4 is 17.2 Å². The molecule has 0 fully saturated rings. The van der Waals surface area contributed by atoms with Crippen molar-refractivity contribution in [2.75, 3.05) is 18.1 Å². The van der Waals surface area contributed by atoms with Crippen molar-refractivity contribution in [1.82, 2.24) is 0 Å². The van der Waals surface area contributed by atoms with Gasteiger partial charge in [0, 0.05) is 30.9 Å². The number of aliphatic hydroxyl groups is 1. The Kier molecular flexibility index (Phi) is 5.64. The minimum absolute atomic E-state index is 0.0663. The Morgan fingerprint density at radius 1 is 1.45 bits per heavy atom. The predicted octanol–water partition coefficient (Wildman–Crippen LogP) is 2.39. The van der Waals surface area contributed by atoms with Crippen LogP contribution in [0.3, 0.4) is 0 Å². The van der Waals surface area contributed by atoms with E-state index in [-0.39, 0.29) is 29.7 Å². The Bertz CT molecular complexity index is 500. The Hall–Kier alpha value is -1.95. The van der Waals surface area contributed by atoms with Crippen molar-refractivity contribution in [2.45, 2.75) is 33.2 Å². The highest BCUT2D eigenvalue weighted by Crippen LogP contribution is 2.27. The second kappa shape index (κ2) is 7.00. The molecule has 1 N–H and O–H groups in total. The first-order valence-electron chi connectivity index (χ1n) is 6.55. The number of carbonyl (C=O) groups excluding carboxylic acids is 1. The van der Waals surface area contributed by atoms with E-state index in [1.165, 1.54) is 19.1 Å². The fourth-order valence-corrected chi connectivity index (χ4v) is 2.07. The number of hydrogen-bond acceptors (Lipinski definition) is 5. The van der Waals surface area contributed by atoms with Crippen LogP contribution in [0.1, 0.15) is 37.6 Å². The third-order valence-electron chi connectivity index (χ3n) is 3.07. The second-order valence-corrected chi connectivity index (χ2v) is 4.88. The number of aliphatic hydroxyl groups excluding tert-OH is 1. The van der Waals surface area contributed by atoms with Gasteiger partial charge in [0.25, 0.3) is 5.69 Å². The van der Waals surface area contributed by atoms with Gasteiger partial charge in [-0.1, -0.05) is 0 Å². The molecule has 6 nitrogen and oxygen atoms in total. The lowest BCUT2D eigenvalue weighted by Gasteiger charge is -2.28. The number of rotatable bonds is 7. The average molecular weight is 280 g/mol. The number of Topliss-reactive ketones (excluding diaryl/α,β-unsaturated/α-hetero) is 1. The Balaban J connectivity index is 3.20. The summed E-state index contributed by atoms with van der Waals surface area (Å²) in [7, 11) is 0. The monoisotopic (exact) mass is 280 g/mol. The van der Waals surface area contributed by atoms with Crippen LogP contribution in [0.4, 0.5) is 11.4 Å². The number of hydrogen-bond donors (Lipinski definition) is 1. The minimum Gasteiger partial charge on any atom is -0.396 e. The number of carbonyl (C=O) groups is 1. The first kappa shape index (κ1) is 16.1. The molecule has 0 atom stereocenters. The minimum atomic E-state index is -0.537. The highest BCUT2D eigenvalue weighted by molar-refractivity contribution is 5.98. The van der Waals surface area contributed by atoms with E-state index in [0.717, 1.165) is 0 Å². The van der Waals surface area contributed by atoms with Crippen molar-refractivity contribution < 1.29 is 14.8 Å². The zero-order chi connectivity index (χ0) is 15.3. The van der Waals surface area contributed by atoms with Gasteiger partial charge < -0.3 is 10.0 Å². The molecule has 0 saturated heterocycles. The molecule has 0 aliphatic heterocycles. The number of nitro benzene ring substituents is 1. The van der Waals surface area contributed by atoms with Crippen LogP contribution in [-0.4, -0.2) is 35.0 Å². The summed E-state index contributed by atoms with van der Waals surface area (Å²) in [6.07, 6.45) is 0.584. The molecule has 1 rings (SSSR count). The molecule has 6 heteroatoms. The SMILES string of the molecule is CC(=O)c1ccc(N(CCCO)C(C)C)cc1[N+](=O)[O-]. The summed E-state index contributed by atoms with van der Waals surface area (Å²) in [5, 5.41) is 20.0. The molecule has 0 heterocycles. The molecule has 0 bridgehead atoms. The summed E-state index contributed by atoms with van der Waals surface area (Å²) in [6, 6.07) is 4.77. The van der Waals surface area contributed by atoms with Crippen LogP contribution in [-0.2, 0) is 0 Å². The summed E-state index contributed by atoms with van der Waals surface area (Å²) in [6.45, 7) is 5.93. The number of benzene rings is 1. The van der Waals surface area contributed by atoms with E-state index in [0.29, 0.717) is 18.7 Å². The van der Waals surface area contributed by atoms with Gasteiger partial charge in [0.05, 0.1) is 10.5 Å². The van der Waals surface area contributed by atoms with Crippen LogP contribution < -0.4 is 4.90 Å². The topological polar surface area (TPSA) is 83.7 Å². The molecule has 0 amide bonds. The molecular weight excluding hydrogens is 260 g/mol. The second-order valence-electron chi connectivity index (χ2n) is 4.88. The van der Waals surface area contributed by atoms with Crippen molar-refractivity contribution in [1.29, 1.82) is 0 Å². The lowest BCUT2D eigenvalue weighted by atomic mass is 10.1. The van der Waals surface area contributed by atoms with Crippen molar-refractivity contribution in [3.63, 3.8) is 0 Å². The lowest BCUT2D eigenvalue weighted by Crippen LogP contribution is -2.32. The van der Waals surface area contributed by atoms with E-state index in [2.05, 4.69) is 0 Å². The smallest absolute Gasteiger partial charge is 0.282 e. The van der Waals surface area contributed by atoms with Crippen LogP contribution in [0, 0.1) is 10.1 Å². The molecule has 0 saturated carbocycles. The maximum Gasteiger partial charge on any atom is 0.282 e. The summed E-state index contributed by atoms with van der Waals surface area (Å²) in [5.41, 5.74) is 0.624. The molecule has 20 heavy (non-hydrogen) atoms. The van der Waals surface area contributed by atoms with Gasteiger partial charge in [-0.15, -0.1) is 0 Å². The van der Waals surface area contributed by atoms with Crippen molar-refractivity contribution in [3.05, 3.63) is 33.9 Å². The largest absolute Gasteiger partial charge is 0.396 e. The molecular formula is C14H20N2O4. The van der Waals surface area contributed by atoms with E-state index >= 15 is 0 Å². The summed E-state index contributed by atoms with van der Waals surface area (Å²) < 4.78 is 0. The van der Waals surface area contributed by atoms with E-state index < -0.39 is 4.92 Å². The molecule has 1 aromatic carbocycles. The van der Waals surface area contributed by atoms with Crippen molar-refractivity contribution in [2.24, 2.45) is 0 Å². The van der Waals surface area contributed by atoms with Crippen LogP contribution in [0.2, 0.25) is 0 Å². The van der Waals surface area contributed by atoms with Gasteiger partial charge in [-0.3, -0.25) is 14.9 Å². The number of nitrogens with zero attached hydrogens (tertiary/aromatic N) is 2. The maximum atomic E-state index is 11.4. The van der Waals surface area contributed by atoms with E-state index in [1.54, 1.807) is 6.07 Å². The Labute approximate surface area is 118 Å². The quantitative estimate of drug-likeness (QED) is 0.471. The van der Waals surface area contributed by atoms with Gasteiger partial charge in [0.15, 0.2) is 5.78 Å². The molecule has 0 spiro atoms. The summed E-state index contributed by atoms with van der Waals surface area (Å²) in [4.78, 5) is 23.9. The van der Waals surface area contributed by atoms with Gasteiger partial charge in [0.2, 0.25) is 0 Å². The fraction of sp³-hybridized carbons (Fsp3) is 0.500. The van der Waals surface area contributed by atoms with Crippen LogP contribution in [0.25, 0.3) is 0 Å². The molecule has 0 aliphatic carbocycles. The number of nitro groups is 1. The number of anilines is 1. The van der Waals surface area contributed by atoms with Crippen LogP contribution in [0.15, 0.2) is 18.2 Å². The van der Waals surface area contributed by atoms with Crippen LogP contribution in [0.5, 0.6) is 0 Å². The third kappa shape index (κ3) is 3.77. The Morgan fingerprint density at radius 3 is 2.55 bits per heavy atom. The van der Waals surface area contributed by atoms with Gasteiger partial charge in [0.1, 0.15) is 0 Å². The number of ketones is 1. The van der Waals surface area contributed by atoms with E-state index in [9.17, 15) is 14.9 Å². The molecule has 110 valence electrons. The predicted molar refractivity (Wildman–Crippen MR) is 77.3 cm³/mol. The van der Waals surface area contributed by atoms with E-state index in [1.807, 2.05) is 18.7 Å². The van der Waals surface area contributed by atoms with Gasteiger partial charge >= 0.3 is 0 Å². The zero-order valence-corrected chi connectivity index (χ0v) is 12.0. The molecule has 0 aromatic heterocycles. The van der Waals surface area contributed by atoms with Gasteiger partial charge in [-0.25, -0.2) is 0 Å². The highest BCUT2D eigenvalue weighted by atomic mass is 16.6. The summed E-state index contributed by atoms with van der Waals surface area (Å²) >= 11 is 0. The molecule has 0 radical (unpaired) electrons.